The van der Waals surface area contributed by atoms with E-state index in [4.69, 9.17) is 21.1 Å². The van der Waals surface area contributed by atoms with Crippen molar-refractivity contribution in [2.45, 2.75) is 37.8 Å². The first kappa shape index (κ1) is 19.0. The van der Waals surface area contributed by atoms with Crippen molar-refractivity contribution in [3.05, 3.63) is 34.9 Å². The molecular formula is C18H20ClNO5S. The normalized spacial score (nSPS) is 25.9. The van der Waals surface area contributed by atoms with Gasteiger partial charge in [-0.15, -0.1) is 0 Å². The number of rotatable bonds is 5. The lowest BCUT2D eigenvalue weighted by atomic mass is 9.93. The molecule has 2 aliphatic rings. The van der Waals surface area contributed by atoms with Crippen LogP contribution >= 0.6 is 23.5 Å². The van der Waals surface area contributed by atoms with Crippen molar-refractivity contribution in [2.75, 3.05) is 12.9 Å². The average molecular weight is 398 g/mol. The van der Waals surface area contributed by atoms with Crippen molar-refractivity contribution in [1.82, 2.24) is 4.31 Å². The molecule has 2 fully saturated rings. The summed E-state index contributed by atoms with van der Waals surface area (Å²) in [4.78, 5) is 36.0. The molecule has 1 aromatic carbocycles. The molecule has 1 aromatic rings. The number of hydrogen-bond acceptors (Lipinski definition) is 6. The molecule has 0 saturated carbocycles. The Kier molecular flexibility index (Phi) is 6.09. The molecule has 3 atom stereocenters. The van der Waals surface area contributed by atoms with Gasteiger partial charge in [-0.05, 0) is 30.4 Å². The van der Waals surface area contributed by atoms with Crippen molar-refractivity contribution < 1.29 is 23.9 Å². The van der Waals surface area contributed by atoms with E-state index in [1.807, 2.05) is 18.2 Å². The molecule has 140 valence electrons. The molecule has 2 heterocycles. The predicted molar refractivity (Wildman–Crippen MR) is 97.4 cm³/mol. The summed E-state index contributed by atoms with van der Waals surface area (Å²) in [5.41, 5.74) is 0.759. The maximum atomic E-state index is 12.4. The second-order valence-corrected chi connectivity index (χ2v) is 7.51. The van der Waals surface area contributed by atoms with Crippen LogP contribution in [0.15, 0.2) is 24.3 Å². The fourth-order valence-electron chi connectivity index (χ4n) is 3.27. The highest BCUT2D eigenvalue weighted by molar-refractivity contribution is 7.96. The summed E-state index contributed by atoms with van der Waals surface area (Å²) in [7, 11) is 0. The number of ether oxygens (including phenoxy) is 2. The number of cyclic esters (lactones) is 1. The lowest BCUT2D eigenvalue weighted by Gasteiger charge is -2.44. The Morgan fingerprint density at radius 3 is 2.85 bits per heavy atom. The number of hydrogen-bond donors (Lipinski definition) is 0. The van der Waals surface area contributed by atoms with Crippen LogP contribution in [0.2, 0.25) is 5.02 Å². The van der Waals surface area contributed by atoms with E-state index in [1.165, 1.54) is 11.9 Å². The minimum Gasteiger partial charge on any atom is -0.466 e. The molecule has 3 rings (SSSR count). The zero-order chi connectivity index (χ0) is 18.7. The number of amides is 1. The maximum Gasteiger partial charge on any atom is 0.306 e. The Labute approximate surface area is 161 Å². The van der Waals surface area contributed by atoms with E-state index in [-0.39, 0.29) is 24.2 Å². The molecule has 0 aromatic heterocycles. The van der Waals surface area contributed by atoms with Gasteiger partial charge in [0.05, 0.1) is 6.61 Å². The summed E-state index contributed by atoms with van der Waals surface area (Å²) in [6, 6.07) is 6.84. The molecule has 26 heavy (non-hydrogen) atoms. The highest BCUT2D eigenvalue weighted by Gasteiger charge is 2.51. The van der Waals surface area contributed by atoms with Crippen molar-refractivity contribution in [2.24, 2.45) is 5.92 Å². The number of carbonyl (C=O) groups is 3. The average Bonchev–Trinajstić information content (AvgIpc) is 2.82. The summed E-state index contributed by atoms with van der Waals surface area (Å²) < 4.78 is 12.1. The van der Waals surface area contributed by atoms with Crippen LogP contribution in [0.1, 0.15) is 37.3 Å². The van der Waals surface area contributed by atoms with Gasteiger partial charge < -0.3 is 9.47 Å². The van der Waals surface area contributed by atoms with E-state index in [0.29, 0.717) is 30.9 Å². The Balaban J connectivity index is 1.65. The van der Waals surface area contributed by atoms with E-state index in [1.54, 1.807) is 16.6 Å². The number of β-lactam (4-membered cyclic amide) rings is 1. The number of benzene rings is 1. The monoisotopic (exact) mass is 397 g/mol. The Morgan fingerprint density at radius 1 is 1.35 bits per heavy atom. The Bertz CT molecular complexity index is 713. The van der Waals surface area contributed by atoms with Gasteiger partial charge >= 0.3 is 11.9 Å². The topological polar surface area (TPSA) is 72.9 Å². The zero-order valence-corrected chi connectivity index (χ0v) is 15.9. The van der Waals surface area contributed by atoms with Crippen molar-refractivity contribution in [3.63, 3.8) is 0 Å². The molecule has 2 saturated heterocycles. The minimum atomic E-state index is -0.862. The lowest BCUT2D eigenvalue weighted by Crippen LogP contribution is -2.57. The fourth-order valence-corrected chi connectivity index (χ4v) is 4.25. The first-order valence-electron chi connectivity index (χ1n) is 8.48. The highest BCUT2D eigenvalue weighted by atomic mass is 35.5. The molecule has 1 amide bonds. The van der Waals surface area contributed by atoms with Gasteiger partial charge in [0.1, 0.15) is 6.04 Å². The molecule has 0 bridgehead atoms. The summed E-state index contributed by atoms with van der Waals surface area (Å²) in [5, 5.41) is 0.532. The van der Waals surface area contributed by atoms with Gasteiger partial charge in [-0.2, -0.15) is 0 Å². The summed E-state index contributed by atoms with van der Waals surface area (Å²) >= 11 is 7.54. The first-order chi connectivity index (χ1) is 12.5. The third-order valence-corrected chi connectivity index (χ3v) is 5.82. The summed E-state index contributed by atoms with van der Waals surface area (Å²) in [5.74, 6) is -0.875. The fraction of sp³-hybridized carbons (Fsp3) is 0.500. The first-order valence-corrected chi connectivity index (χ1v) is 10.0. The molecular weight excluding hydrogens is 378 g/mol. The molecule has 0 spiro atoms. The number of esters is 2. The van der Waals surface area contributed by atoms with Crippen LogP contribution in [-0.4, -0.2) is 41.1 Å². The van der Waals surface area contributed by atoms with Crippen molar-refractivity contribution >= 4 is 41.4 Å². The van der Waals surface area contributed by atoms with Gasteiger partial charge in [-0.1, -0.05) is 41.7 Å². The van der Waals surface area contributed by atoms with Crippen LogP contribution in [0.4, 0.5) is 0 Å². The molecule has 2 aliphatic heterocycles. The van der Waals surface area contributed by atoms with Crippen LogP contribution in [0.25, 0.3) is 0 Å². The second kappa shape index (κ2) is 8.31. The van der Waals surface area contributed by atoms with Gasteiger partial charge in [0.25, 0.3) is 5.91 Å². The minimum absolute atomic E-state index is 0.0274. The predicted octanol–water partition coefficient (Wildman–Crippen LogP) is 3.15. The third-order valence-electron chi connectivity index (χ3n) is 4.68. The van der Waals surface area contributed by atoms with Gasteiger partial charge in [0, 0.05) is 24.1 Å². The van der Waals surface area contributed by atoms with E-state index in [0.717, 1.165) is 5.56 Å². The summed E-state index contributed by atoms with van der Waals surface area (Å²) in [6.45, 7) is 0.321. The molecule has 0 radical (unpaired) electrons. The third kappa shape index (κ3) is 3.99. The molecule has 2 unspecified atom stereocenters. The van der Waals surface area contributed by atoms with Crippen LogP contribution < -0.4 is 0 Å². The van der Waals surface area contributed by atoms with Gasteiger partial charge in [-0.3, -0.25) is 18.7 Å². The van der Waals surface area contributed by atoms with Crippen molar-refractivity contribution in [1.29, 1.82) is 0 Å². The van der Waals surface area contributed by atoms with E-state index in [9.17, 15) is 14.4 Å². The molecule has 8 heteroatoms. The highest BCUT2D eigenvalue weighted by Crippen LogP contribution is 2.43. The quantitative estimate of drug-likeness (QED) is 0.431. The standard InChI is InChI=1S/C18H20ClNO5S/c1-26-20-16(12-4-2-3-5-13(12)19)17(18(20)23)25-15(22)10-11-6-7-14(21)24-9-8-11/h2-5,11,16-17H,6-10H2,1H3/t11?,16-,17?/m1/s1. The van der Waals surface area contributed by atoms with E-state index in [2.05, 4.69) is 0 Å². The van der Waals surface area contributed by atoms with Crippen molar-refractivity contribution in [3.8, 4) is 0 Å². The van der Waals surface area contributed by atoms with Gasteiger partial charge in [0.2, 0.25) is 6.10 Å². The van der Waals surface area contributed by atoms with Gasteiger partial charge in [-0.25, -0.2) is 0 Å². The van der Waals surface area contributed by atoms with Crippen LogP contribution in [0, 0.1) is 5.92 Å². The molecule has 0 aliphatic carbocycles. The van der Waals surface area contributed by atoms with Crippen LogP contribution in [-0.2, 0) is 23.9 Å². The SMILES string of the molecule is CSN1C(=O)C(OC(=O)CC2CCOC(=O)CC2)[C@H]1c1ccccc1Cl. The summed E-state index contributed by atoms with van der Waals surface area (Å²) in [6.07, 6.45) is 2.64. The molecule has 6 nitrogen and oxygen atoms in total. The maximum absolute atomic E-state index is 12.4. The molecule has 0 N–H and O–H groups in total. The largest absolute Gasteiger partial charge is 0.466 e. The smallest absolute Gasteiger partial charge is 0.306 e. The van der Waals surface area contributed by atoms with Crippen LogP contribution in [0.5, 0.6) is 0 Å². The van der Waals surface area contributed by atoms with Gasteiger partial charge in [0.15, 0.2) is 0 Å². The lowest BCUT2D eigenvalue weighted by molar-refractivity contribution is -0.175. The van der Waals surface area contributed by atoms with Crippen LogP contribution in [0.3, 0.4) is 0 Å². The Morgan fingerprint density at radius 2 is 2.12 bits per heavy atom. The van der Waals surface area contributed by atoms with E-state index >= 15 is 0 Å². The number of carbonyl (C=O) groups excluding carboxylic acids is 3. The second-order valence-electron chi connectivity index (χ2n) is 6.34. The number of nitrogens with zero attached hydrogens (tertiary/aromatic N) is 1. The number of halogens is 1. The Hall–Kier alpha value is -1.73. The zero-order valence-electron chi connectivity index (χ0n) is 14.4. The van der Waals surface area contributed by atoms with E-state index < -0.39 is 18.1 Å².